The number of terminal acetylenes is 1. The van der Waals surface area contributed by atoms with Crippen LogP contribution in [-0.2, 0) is 4.79 Å². The third-order valence-corrected chi connectivity index (χ3v) is 4.33. The molecule has 124 valence electrons. The van der Waals surface area contributed by atoms with Gasteiger partial charge in [0.15, 0.2) is 0 Å². The second-order valence-corrected chi connectivity index (χ2v) is 6.11. The molecule has 1 N–H and O–H groups in total. The first-order valence-electron chi connectivity index (χ1n) is 8.24. The number of para-hydroxylation sites is 1. The van der Waals surface area contributed by atoms with Crippen molar-refractivity contribution in [1.29, 1.82) is 0 Å². The lowest BCUT2D eigenvalue weighted by molar-refractivity contribution is -0.126. The van der Waals surface area contributed by atoms with Crippen molar-refractivity contribution >= 4 is 5.91 Å². The van der Waals surface area contributed by atoms with Gasteiger partial charge in [-0.2, -0.15) is 0 Å². The lowest BCUT2D eigenvalue weighted by Gasteiger charge is -2.29. The lowest BCUT2D eigenvalue weighted by atomic mass is 9.96. The molecule has 2 rings (SSSR count). The third kappa shape index (κ3) is 5.01. The Kier molecular flexibility index (Phi) is 6.49. The maximum atomic E-state index is 12.2. The van der Waals surface area contributed by atoms with Gasteiger partial charge in [-0.15, -0.1) is 6.42 Å². The lowest BCUT2D eigenvalue weighted by Crippen LogP contribution is -2.41. The maximum Gasteiger partial charge on any atom is 0.223 e. The summed E-state index contributed by atoms with van der Waals surface area (Å²) in [7, 11) is 0. The van der Waals surface area contributed by atoms with Crippen LogP contribution in [0.1, 0.15) is 24.0 Å². The number of piperidine rings is 1. The van der Waals surface area contributed by atoms with Gasteiger partial charge in [0, 0.05) is 5.92 Å². The first-order chi connectivity index (χ1) is 11.1. The highest BCUT2D eigenvalue weighted by Gasteiger charge is 2.24. The van der Waals surface area contributed by atoms with Gasteiger partial charge in [0.1, 0.15) is 12.4 Å². The Hall–Kier alpha value is -1.99. The second-order valence-electron chi connectivity index (χ2n) is 6.11. The van der Waals surface area contributed by atoms with E-state index in [4.69, 9.17) is 11.2 Å². The van der Waals surface area contributed by atoms with Crippen molar-refractivity contribution in [3.05, 3.63) is 29.3 Å². The van der Waals surface area contributed by atoms with Gasteiger partial charge in [0.05, 0.1) is 13.1 Å². The molecule has 1 aromatic carbocycles. The SMILES string of the molecule is C#CCN1CCC(C(=O)NCCOc2c(C)cccc2C)CC1. The van der Waals surface area contributed by atoms with Gasteiger partial charge in [0.25, 0.3) is 0 Å². The van der Waals surface area contributed by atoms with Crippen LogP contribution in [0.2, 0.25) is 0 Å². The summed E-state index contributed by atoms with van der Waals surface area (Å²) in [6, 6.07) is 6.08. The molecule has 23 heavy (non-hydrogen) atoms. The first-order valence-corrected chi connectivity index (χ1v) is 8.24. The van der Waals surface area contributed by atoms with E-state index >= 15 is 0 Å². The molecule has 1 aliphatic rings. The highest BCUT2D eigenvalue weighted by atomic mass is 16.5. The Balaban J connectivity index is 1.69. The highest BCUT2D eigenvalue weighted by molar-refractivity contribution is 5.78. The van der Waals surface area contributed by atoms with E-state index in [1.165, 1.54) is 0 Å². The predicted octanol–water partition coefficient (Wildman–Crippen LogP) is 2.14. The summed E-state index contributed by atoms with van der Waals surface area (Å²) in [6.45, 7) is 7.58. The number of carbonyl (C=O) groups is 1. The number of carbonyl (C=O) groups excluding carboxylic acids is 1. The van der Waals surface area contributed by atoms with E-state index in [2.05, 4.69) is 16.1 Å². The predicted molar refractivity (Wildman–Crippen MR) is 92.4 cm³/mol. The second kappa shape index (κ2) is 8.59. The van der Waals surface area contributed by atoms with Crippen LogP contribution in [-0.4, -0.2) is 43.6 Å². The van der Waals surface area contributed by atoms with Gasteiger partial charge >= 0.3 is 0 Å². The van der Waals surface area contributed by atoms with Crippen LogP contribution in [0.5, 0.6) is 5.75 Å². The van der Waals surface area contributed by atoms with E-state index in [1.807, 2.05) is 32.0 Å². The fourth-order valence-corrected chi connectivity index (χ4v) is 2.98. The van der Waals surface area contributed by atoms with Crippen LogP contribution in [0, 0.1) is 32.1 Å². The van der Waals surface area contributed by atoms with Gasteiger partial charge in [-0.3, -0.25) is 9.69 Å². The zero-order valence-corrected chi connectivity index (χ0v) is 14.1. The minimum atomic E-state index is 0.101. The van der Waals surface area contributed by atoms with Crippen molar-refractivity contribution in [2.75, 3.05) is 32.8 Å². The molecular formula is C19H26N2O2. The Labute approximate surface area is 139 Å². The van der Waals surface area contributed by atoms with E-state index in [-0.39, 0.29) is 11.8 Å². The number of amides is 1. The average Bonchev–Trinajstić information content (AvgIpc) is 2.54. The third-order valence-electron chi connectivity index (χ3n) is 4.33. The van der Waals surface area contributed by atoms with E-state index < -0.39 is 0 Å². The summed E-state index contributed by atoms with van der Waals surface area (Å²) in [6.07, 6.45) is 7.08. The number of ether oxygens (including phenoxy) is 1. The van der Waals surface area contributed by atoms with Gasteiger partial charge < -0.3 is 10.1 Å². The van der Waals surface area contributed by atoms with E-state index in [0.29, 0.717) is 19.7 Å². The van der Waals surface area contributed by atoms with E-state index in [0.717, 1.165) is 42.8 Å². The number of rotatable bonds is 6. The van der Waals surface area contributed by atoms with Crippen LogP contribution in [0.4, 0.5) is 0 Å². The fourth-order valence-electron chi connectivity index (χ4n) is 2.98. The molecule has 1 heterocycles. The largest absolute Gasteiger partial charge is 0.491 e. The van der Waals surface area contributed by atoms with Crippen molar-refractivity contribution < 1.29 is 9.53 Å². The van der Waals surface area contributed by atoms with Crippen LogP contribution in [0.15, 0.2) is 18.2 Å². The standard InChI is InChI=1S/C19H26N2O2/c1-4-11-21-12-8-17(9-13-21)19(22)20-10-14-23-18-15(2)6-5-7-16(18)3/h1,5-7,17H,8-14H2,2-3H3,(H,20,22). The number of nitrogens with one attached hydrogen (secondary N) is 1. The molecule has 4 nitrogen and oxygen atoms in total. The van der Waals surface area contributed by atoms with Crippen molar-refractivity contribution in [2.24, 2.45) is 5.92 Å². The molecule has 0 radical (unpaired) electrons. The summed E-state index contributed by atoms with van der Waals surface area (Å²) in [5, 5.41) is 2.99. The zero-order valence-electron chi connectivity index (χ0n) is 14.1. The van der Waals surface area contributed by atoms with Crippen LogP contribution >= 0.6 is 0 Å². The number of hydrogen-bond donors (Lipinski definition) is 1. The first kappa shape index (κ1) is 17.4. The van der Waals surface area contributed by atoms with Crippen LogP contribution < -0.4 is 10.1 Å². The number of nitrogens with zero attached hydrogens (tertiary/aromatic N) is 1. The molecule has 4 heteroatoms. The summed E-state index contributed by atoms with van der Waals surface area (Å²) in [5.74, 6) is 3.81. The van der Waals surface area contributed by atoms with Gasteiger partial charge in [-0.05, 0) is 50.9 Å². The van der Waals surface area contributed by atoms with Crippen molar-refractivity contribution in [3.8, 4) is 18.1 Å². The molecule has 1 amide bonds. The summed E-state index contributed by atoms with van der Waals surface area (Å²) < 4.78 is 5.81. The topological polar surface area (TPSA) is 41.6 Å². The highest BCUT2D eigenvalue weighted by Crippen LogP contribution is 2.22. The number of benzene rings is 1. The summed E-state index contributed by atoms with van der Waals surface area (Å²) in [4.78, 5) is 14.4. The van der Waals surface area contributed by atoms with Crippen molar-refractivity contribution in [1.82, 2.24) is 10.2 Å². The minimum absolute atomic E-state index is 0.101. The molecule has 1 aromatic rings. The van der Waals surface area contributed by atoms with Crippen molar-refractivity contribution in [2.45, 2.75) is 26.7 Å². The van der Waals surface area contributed by atoms with Crippen LogP contribution in [0.25, 0.3) is 0 Å². The Bertz CT molecular complexity index is 549. The summed E-state index contributed by atoms with van der Waals surface area (Å²) >= 11 is 0. The van der Waals surface area contributed by atoms with E-state index in [9.17, 15) is 4.79 Å². The molecule has 1 aliphatic heterocycles. The Morgan fingerprint density at radius 1 is 1.35 bits per heavy atom. The molecule has 0 unspecified atom stereocenters. The molecular weight excluding hydrogens is 288 g/mol. The zero-order chi connectivity index (χ0) is 16.7. The molecule has 0 aliphatic carbocycles. The molecule has 0 saturated carbocycles. The molecule has 1 saturated heterocycles. The fraction of sp³-hybridized carbons (Fsp3) is 0.526. The maximum absolute atomic E-state index is 12.2. The quantitative estimate of drug-likeness (QED) is 0.646. The monoisotopic (exact) mass is 314 g/mol. The molecule has 0 spiro atoms. The number of aryl methyl sites for hydroxylation is 2. The molecule has 0 atom stereocenters. The van der Waals surface area contributed by atoms with E-state index in [1.54, 1.807) is 0 Å². The Morgan fingerprint density at radius 2 is 2.00 bits per heavy atom. The molecule has 1 fully saturated rings. The molecule has 0 bridgehead atoms. The van der Waals surface area contributed by atoms with Gasteiger partial charge in [-0.1, -0.05) is 24.1 Å². The van der Waals surface area contributed by atoms with Gasteiger partial charge in [-0.25, -0.2) is 0 Å². The van der Waals surface area contributed by atoms with Crippen molar-refractivity contribution in [3.63, 3.8) is 0 Å². The Morgan fingerprint density at radius 3 is 2.61 bits per heavy atom. The summed E-state index contributed by atoms with van der Waals surface area (Å²) in [5.41, 5.74) is 2.24. The molecule has 0 aromatic heterocycles. The normalized spacial score (nSPS) is 15.9. The minimum Gasteiger partial charge on any atom is -0.491 e. The number of likely N-dealkylation sites (tertiary alicyclic amines) is 1. The van der Waals surface area contributed by atoms with Gasteiger partial charge in [0.2, 0.25) is 5.91 Å². The van der Waals surface area contributed by atoms with Crippen LogP contribution in [0.3, 0.4) is 0 Å². The average molecular weight is 314 g/mol. The number of hydrogen-bond acceptors (Lipinski definition) is 3. The smallest absolute Gasteiger partial charge is 0.223 e.